The van der Waals surface area contributed by atoms with E-state index in [-0.39, 0.29) is 5.16 Å². The second kappa shape index (κ2) is 4.11. The smallest absolute Gasteiger partial charge is 0.133 e. The van der Waals surface area contributed by atoms with Crippen LogP contribution in [0.4, 0.5) is 0 Å². The lowest BCUT2D eigenvalue weighted by atomic mass is 10.2. The van der Waals surface area contributed by atoms with Crippen LogP contribution in [-0.4, -0.2) is 5.17 Å². The normalized spacial score (nSPS) is 18.8. The maximum absolute atomic E-state index is 5.92. The monoisotopic (exact) mass is 203 g/mol. The summed E-state index contributed by atoms with van der Waals surface area (Å²) < 4.78 is 0. The van der Waals surface area contributed by atoms with Gasteiger partial charge in [-0.1, -0.05) is 35.4 Å². The van der Waals surface area contributed by atoms with Crippen LogP contribution in [-0.2, 0) is 0 Å². The second-order valence-electron chi connectivity index (χ2n) is 2.89. The average molecular weight is 204 g/mol. The second-order valence-corrected chi connectivity index (χ2v) is 3.69. The van der Waals surface area contributed by atoms with Crippen LogP contribution >= 0.6 is 23.2 Å². The minimum atomic E-state index is 0.243. The van der Waals surface area contributed by atoms with Crippen LogP contribution in [0.15, 0.2) is 27.9 Å². The minimum Gasteiger partial charge on any atom is -0.225 e. The summed E-state index contributed by atoms with van der Waals surface area (Å²) in [5.74, 6) is 0. The molecule has 3 heteroatoms. The van der Waals surface area contributed by atoms with Gasteiger partial charge in [-0.15, -0.1) is 0 Å². The van der Waals surface area contributed by atoms with Crippen molar-refractivity contribution in [1.82, 2.24) is 0 Å². The van der Waals surface area contributed by atoms with Gasteiger partial charge in [-0.25, -0.2) is 4.99 Å². The molecular formula is C9H11Cl2N. The summed E-state index contributed by atoms with van der Waals surface area (Å²) in [5, 5.41) is 0.747. The van der Waals surface area contributed by atoms with Crippen molar-refractivity contribution < 1.29 is 0 Å². The van der Waals surface area contributed by atoms with E-state index in [1.54, 1.807) is 0 Å². The fourth-order valence-electron chi connectivity index (χ4n) is 1.35. The molecule has 0 heterocycles. The third kappa shape index (κ3) is 2.36. The quantitative estimate of drug-likeness (QED) is 0.478. The number of hydrogen-bond acceptors (Lipinski definition) is 1. The topological polar surface area (TPSA) is 12.4 Å². The number of allylic oxidation sites excluding steroid dienone is 2. The van der Waals surface area contributed by atoms with Crippen molar-refractivity contribution in [2.75, 3.05) is 0 Å². The molecule has 12 heavy (non-hydrogen) atoms. The van der Waals surface area contributed by atoms with Crippen molar-refractivity contribution in [3.63, 3.8) is 0 Å². The Bertz CT molecular complexity index is 264. The first-order chi connectivity index (χ1) is 5.61. The van der Waals surface area contributed by atoms with Crippen LogP contribution in [0.2, 0.25) is 0 Å². The molecule has 0 amide bonds. The molecule has 0 aliphatic heterocycles. The zero-order valence-corrected chi connectivity index (χ0v) is 8.54. The fourth-order valence-corrected chi connectivity index (χ4v) is 1.83. The molecule has 0 aromatic rings. The number of hydrogen-bond donors (Lipinski definition) is 0. The Hall–Kier alpha value is -0.270. The van der Waals surface area contributed by atoms with Crippen molar-refractivity contribution in [3.8, 4) is 0 Å². The third-order valence-corrected chi connectivity index (χ3v) is 2.36. The molecule has 0 bridgehead atoms. The predicted octanol–water partition coefficient (Wildman–Crippen LogP) is 3.83. The molecule has 66 valence electrons. The average Bonchev–Trinajstić information content (AvgIpc) is 2.33. The lowest BCUT2D eigenvalue weighted by molar-refractivity contribution is 0.902. The molecule has 0 spiro atoms. The minimum absolute atomic E-state index is 0.243. The first kappa shape index (κ1) is 9.82. The Morgan fingerprint density at radius 1 is 1.42 bits per heavy atom. The Labute approximate surface area is 82.8 Å². The van der Waals surface area contributed by atoms with Gasteiger partial charge in [0.2, 0.25) is 0 Å². The summed E-state index contributed by atoms with van der Waals surface area (Å²) in [6.45, 7) is 5.54. The standard InChI is InChI=1S/C9H11Cl2N/c1-6-4-3-5-8(6)9(11)12-7(2)10/h2-5H2,1H3. The molecule has 1 aliphatic carbocycles. The van der Waals surface area contributed by atoms with Gasteiger partial charge in [0.15, 0.2) is 0 Å². The lowest BCUT2D eigenvalue weighted by Gasteiger charge is -1.99. The predicted molar refractivity (Wildman–Crippen MR) is 54.8 cm³/mol. The Morgan fingerprint density at radius 3 is 2.50 bits per heavy atom. The van der Waals surface area contributed by atoms with Crippen LogP contribution in [0.1, 0.15) is 26.2 Å². The highest BCUT2D eigenvalue weighted by molar-refractivity contribution is 6.70. The summed E-state index contributed by atoms with van der Waals surface area (Å²) in [6, 6.07) is 0. The van der Waals surface area contributed by atoms with E-state index in [1.807, 2.05) is 0 Å². The van der Waals surface area contributed by atoms with Gasteiger partial charge in [0.1, 0.15) is 10.3 Å². The Kier molecular flexibility index (Phi) is 3.36. The van der Waals surface area contributed by atoms with Gasteiger partial charge in [-0.3, -0.25) is 0 Å². The van der Waals surface area contributed by atoms with Gasteiger partial charge in [0, 0.05) is 0 Å². The van der Waals surface area contributed by atoms with Crippen LogP contribution < -0.4 is 0 Å². The van der Waals surface area contributed by atoms with Gasteiger partial charge >= 0.3 is 0 Å². The number of rotatable bonds is 2. The molecule has 0 fully saturated rings. The van der Waals surface area contributed by atoms with E-state index in [1.165, 1.54) is 12.0 Å². The zero-order chi connectivity index (χ0) is 9.14. The van der Waals surface area contributed by atoms with E-state index in [2.05, 4.69) is 18.5 Å². The van der Waals surface area contributed by atoms with Gasteiger partial charge in [0.25, 0.3) is 0 Å². The fraction of sp³-hybridized carbons (Fsp3) is 0.444. The maximum atomic E-state index is 5.92. The Balaban J connectivity index is 2.83. The van der Waals surface area contributed by atoms with E-state index in [4.69, 9.17) is 23.2 Å². The molecule has 0 aromatic carbocycles. The first-order valence-corrected chi connectivity index (χ1v) is 4.64. The molecule has 0 aromatic heterocycles. The highest BCUT2D eigenvalue weighted by Crippen LogP contribution is 2.28. The molecule has 1 rings (SSSR count). The molecule has 0 N–H and O–H groups in total. The molecular weight excluding hydrogens is 193 g/mol. The molecule has 0 atom stereocenters. The van der Waals surface area contributed by atoms with Crippen LogP contribution in [0.3, 0.4) is 0 Å². The molecule has 0 unspecified atom stereocenters. The summed E-state index contributed by atoms with van der Waals surface area (Å²) >= 11 is 11.4. The van der Waals surface area contributed by atoms with Crippen molar-refractivity contribution in [2.45, 2.75) is 26.2 Å². The highest BCUT2D eigenvalue weighted by Gasteiger charge is 2.14. The third-order valence-electron chi connectivity index (χ3n) is 1.96. The van der Waals surface area contributed by atoms with Crippen LogP contribution in [0, 0.1) is 0 Å². The van der Waals surface area contributed by atoms with Gasteiger partial charge in [-0.05, 0) is 31.8 Å². The highest BCUT2D eigenvalue weighted by atomic mass is 35.5. The summed E-state index contributed by atoms with van der Waals surface area (Å²) in [4.78, 5) is 3.90. The van der Waals surface area contributed by atoms with Gasteiger partial charge in [0.05, 0.1) is 0 Å². The molecule has 0 radical (unpaired) electrons. The van der Waals surface area contributed by atoms with E-state index >= 15 is 0 Å². The van der Waals surface area contributed by atoms with E-state index in [9.17, 15) is 0 Å². The molecule has 1 nitrogen and oxygen atoms in total. The summed E-state index contributed by atoms with van der Waals surface area (Å²) in [6.07, 6.45) is 3.30. The van der Waals surface area contributed by atoms with E-state index in [0.29, 0.717) is 5.17 Å². The van der Waals surface area contributed by atoms with Gasteiger partial charge in [-0.2, -0.15) is 0 Å². The largest absolute Gasteiger partial charge is 0.225 e. The van der Waals surface area contributed by atoms with Crippen molar-refractivity contribution in [3.05, 3.63) is 22.9 Å². The molecule has 0 saturated carbocycles. The maximum Gasteiger partial charge on any atom is 0.133 e. The Morgan fingerprint density at radius 2 is 2.08 bits per heavy atom. The molecule has 1 aliphatic rings. The van der Waals surface area contributed by atoms with Crippen molar-refractivity contribution >= 4 is 28.4 Å². The SMILES string of the molecule is C=C(Cl)N=C(Cl)C1=C(C)CCC1. The first-order valence-electron chi connectivity index (χ1n) is 3.89. The summed E-state index contributed by atoms with van der Waals surface area (Å²) in [5.41, 5.74) is 2.46. The van der Waals surface area contributed by atoms with Crippen molar-refractivity contribution in [1.29, 1.82) is 0 Å². The van der Waals surface area contributed by atoms with Gasteiger partial charge < -0.3 is 0 Å². The number of halogens is 2. The van der Waals surface area contributed by atoms with Crippen LogP contribution in [0.5, 0.6) is 0 Å². The van der Waals surface area contributed by atoms with Crippen LogP contribution in [0.25, 0.3) is 0 Å². The van der Waals surface area contributed by atoms with E-state index < -0.39 is 0 Å². The molecule has 0 saturated heterocycles. The number of nitrogens with zero attached hydrogens (tertiary/aromatic N) is 1. The summed E-state index contributed by atoms with van der Waals surface area (Å²) in [7, 11) is 0. The van der Waals surface area contributed by atoms with E-state index in [0.717, 1.165) is 18.4 Å². The number of aliphatic imine (C=N–C) groups is 1. The van der Waals surface area contributed by atoms with Crippen molar-refractivity contribution in [2.24, 2.45) is 4.99 Å². The zero-order valence-electron chi connectivity index (χ0n) is 7.03. The lowest BCUT2D eigenvalue weighted by Crippen LogP contribution is -1.92.